The molecule has 1 aromatic carbocycles. The van der Waals surface area contributed by atoms with Crippen molar-refractivity contribution in [2.24, 2.45) is 0 Å². The fraction of sp³-hybridized carbons (Fsp3) is 0.333. The van der Waals surface area contributed by atoms with Crippen LogP contribution in [0.2, 0.25) is 5.02 Å². The monoisotopic (exact) mass is 307 g/mol. The lowest BCUT2D eigenvalue weighted by molar-refractivity contribution is 0.339. The zero-order valence-electron chi connectivity index (χ0n) is 12.1. The number of ether oxygens (including phenoxy) is 2. The van der Waals surface area contributed by atoms with Gasteiger partial charge in [0.2, 0.25) is 11.8 Å². The molecule has 2 rings (SSSR count). The Hall–Kier alpha value is -2.01. The molecule has 1 heterocycles. The summed E-state index contributed by atoms with van der Waals surface area (Å²) in [5.74, 6) is 2.26. The third-order valence-corrected chi connectivity index (χ3v) is 2.85. The van der Waals surface area contributed by atoms with Crippen LogP contribution in [-0.2, 0) is 0 Å². The normalized spacial score (nSPS) is 10.2. The lowest BCUT2D eigenvalue weighted by atomic mass is 10.3. The van der Waals surface area contributed by atoms with Gasteiger partial charge in [0, 0.05) is 6.54 Å². The van der Waals surface area contributed by atoms with Gasteiger partial charge in [-0.1, -0.05) is 18.5 Å². The molecule has 0 aliphatic rings. The van der Waals surface area contributed by atoms with Crippen LogP contribution in [0.5, 0.6) is 17.4 Å². The molecule has 0 radical (unpaired) electrons. The first-order valence-electron chi connectivity index (χ1n) is 6.90. The standard InChI is InChI=1S/C15H18ClN3O2/c1-3-9-17-15-18-10-13(16)14(19-15)21-12-7-5-11(6-8-12)20-4-2/h5-8,10H,3-4,9H2,1-2H3,(H,17,18,19). The van der Waals surface area contributed by atoms with Crippen LogP contribution in [0.25, 0.3) is 0 Å². The number of hydrogen-bond donors (Lipinski definition) is 1. The van der Waals surface area contributed by atoms with Gasteiger partial charge in [-0.05, 0) is 37.6 Å². The Morgan fingerprint density at radius 1 is 1.14 bits per heavy atom. The SMILES string of the molecule is CCCNc1ncc(Cl)c(Oc2ccc(OCC)cc2)n1. The van der Waals surface area contributed by atoms with Crippen LogP contribution >= 0.6 is 11.6 Å². The molecule has 0 aliphatic heterocycles. The van der Waals surface area contributed by atoms with Crippen molar-refractivity contribution in [2.75, 3.05) is 18.5 Å². The number of benzene rings is 1. The van der Waals surface area contributed by atoms with Crippen LogP contribution in [0.3, 0.4) is 0 Å². The Morgan fingerprint density at radius 3 is 2.52 bits per heavy atom. The third kappa shape index (κ3) is 4.49. The molecule has 0 atom stereocenters. The number of aromatic nitrogens is 2. The summed E-state index contributed by atoms with van der Waals surface area (Å²) in [4.78, 5) is 8.36. The summed E-state index contributed by atoms with van der Waals surface area (Å²) in [6, 6.07) is 7.29. The van der Waals surface area contributed by atoms with Gasteiger partial charge in [-0.2, -0.15) is 4.98 Å². The molecule has 6 heteroatoms. The van der Waals surface area contributed by atoms with Gasteiger partial charge < -0.3 is 14.8 Å². The Bertz CT molecular complexity index is 576. The molecule has 2 aromatic rings. The van der Waals surface area contributed by atoms with Gasteiger partial charge in [-0.15, -0.1) is 0 Å². The smallest absolute Gasteiger partial charge is 0.243 e. The summed E-state index contributed by atoms with van der Waals surface area (Å²) in [5, 5.41) is 3.46. The zero-order chi connectivity index (χ0) is 15.1. The first kappa shape index (κ1) is 15.4. The van der Waals surface area contributed by atoms with Crippen molar-refractivity contribution in [3.05, 3.63) is 35.5 Å². The predicted octanol–water partition coefficient (Wildman–Crippen LogP) is 4.14. The van der Waals surface area contributed by atoms with E-state index >= 15 is 0 Å². The highest BCUT2D eigenvalue weighted by Crippen LogP contribution is 2.28. The summed E-state index contributed by atoms with van der Waals surface area (Å²) < 4.78 is 11.1. The van der Waals surface area contributed by atoms with Gasteiger partial charge in [0.25, 0.3) is 0 Å². The second-order valence-corrected chi connectivity index (χ2v) is 4.69. The molecular formula is C15H18ClN3O2. The van der Waals surface area contributed by atoms with Crippen molar-refractivity contribution in [3.63, 3.8) is 0 Å². The van der Waals surface area contributed by atoms with E-state index in [1.807, 2.05) is 31.2 Å². The number of nitrogens with one attached hydrogen (secondary N) is 1. The van der Waals surface area contributed by atoms with E-state index in [0.717, 1.165) is 18.7 Å². The van der Waals surface area contributed by atoms with Crippen molar-refractivity contribution < 1.29 is 9.47 Å². The first-order valence-corrected chi connectivity index (χ1v) is 7.27. The Kier molecular flexibility index (Phi) is 5.63. The molecule has 0 saturated carbocycles. The van der Waals surface area contributed by atoms with E-state index in [4.69, 9.17) is 21.1 Å². The van der Waals surface area contributed by atoms with Crippen molar-refractivity contribution >= 4 is 17.5 Å². The molecule has 5 nitrogen and oxygen atoms in total. The van der Waals surface area contributed by atoms with Crippen molar-refractivity contribution in [1.29, 1.82) is 0 Å². The average Bonchev–Trinajstić information content (AvgIpc) is 2.50. The zero-order valence-corrected chi connectivity index (χ0v) is 12.9. The van der Waals surface area contributed by atoms with Crippen LogP contribution < -0.4 is 14.8 Å². The second-order valence-electron chi connectivity index (χ2n) is 4.28. The summed E-state index contributed by atoms with van der Waals surface area (Å²) in [6.07, 6.45) is 2.51. The number of hydrogen-bond acceptors (Lipinski definition) is 5. The number of anilines is 1. The molecule has 21 heavy (non-hydrogen) atoms. The molecule has 0 aliphatic carbocycles. The molecule has 0 saturated heterocycles. The van der Waals surface area contributed by atoms with E-state index in [-0.39, 0.29) is 0 Å². The molecular weight excluding hydrogens is 290 g/mol. The van der Waals surface area contributed by atoms with E-state index in [9.17, 15) is 0 Å². The minimum absolute atomic E-state index is 0.328. The number of rotatable bonds is 7. The Labute approximate surface area is 129 Å². The lowest BCUT2D eigenvalue weighted by Crippen LogP contribution is -2.04. The van der Waals surface area contributed by atoms with E-state index in [1.54, 1.807) is 0 Å². The van der Waals surface area contributed by atoms with Crippen LogP contribution in [0, 0.1) is 0 Å². The molecule has 0 spiro atoms. The van der Waals surface area contributed by atoms with E-state index in [2.05, 4.69) is 22.2 Å². The van der Waals surface area contributed by atoms with Gasteiger partial charge in [-0.3, -0.25) is 0 Å². The number of nitrogens with zero attached hydrogens (tertiary/aromatic N) is 2. The minimum Gasteiger partial charge on any atom is -0.494 e. The molecule has 0 bridgehead atoms. The minimum atomic E-state index is 0.328. The van der Waals surface area contributed by atoms with Crippen molar-refractivity contribution in [1.82, 2.24) is 9.97 Å². The molecule has 1 N–H and O–H groups in total. The fourth-order valence-corrected chi connectivity index (χ4v) is 1.76. The highest BCUT2D eigenvalue weighted by molar-refractivity contribution is 6.31. The maximum Gasteiger partial charge on any atom is 0.243 e. The van der Waals surface area contributed by atoms with Crippen molar-refractivity contribution in [2.45, 2.75) is 20.3 Å². The second kappa shape index (κ2) is 7.69. The largest absolute Gasteiger partial charge is 0.494 e. The molecule has 1 aromatic heterocycles. The van der Waals surface area contributed by atoms with Gasteiger partial charge in [0.1, 0.15) is 16.5 Å². The van der Waals surface area contributed by atoms with Crippen LogP contribution in [-0.4, -0.2) is 23.1 Å². The maximum atomic E-state index is 6.06. The molecule has 0 amide bonds. The highest BCUT2D eigenvalue weighted by atomic mass is 35.5. The maximum absolute atomic E-state index is 6.06. The summed E-state index contributed by atoms with van der Waals surface area (Å²) in [5.41, 5.74) is 0. The average molecular weight is 308 g/mol. The first-order chi connectivity index (χ1) is 10.2. The Morgan fingerprint density at radius 2 is 1.86 bits per heavy atom. The van der Waals surface area contributed by atoms with E-state index in [1.165, 1.54) is 6.20 Å². The molecule has 0 unspecified atom stereocenters. The lowest BCUT2D eigenvalue weighted by Gasteiger charge is -2.09. The predicted molar refractivity (Wildman–Crippen MR) is 83.5 cm³/mol. The number of halogens is 1. The van der Waals surface area contributed by atoms with Gasteiger partial charge >= 0.3 is 0 Å². The molecule has 0 fully saturated rings. The van der Waals surface area contributed by atoms with Gasteiger partial charge in [-0.25, -0.2) is 4.98 Å². The van der Waals surface area contributed by atoms with E-state index < -0.39 is 0 Å². The van der Waals surface area contributed by atoms with E-state index in [0.29, 0.717) is 29.2 Å². The Balaban J connectivity index is 2.10. The summed E-state index contributed by atoms with van der Waals surface area (Å²) in [7, 11) is 0. The molecule has 112 valence electrons. The highest BCUT2D eigenvalue weighted by Gasteiger charge is 2.08. The summed E-state index contributed by atoms with van der Waals surface area (Å²) >= 11 is 6.06. The van der Waals surface area contributed by atoms with Crippen LogP contribution in [0.4, 0.5) is 5.95 Å². The summed E-state index contributed by atoms with van der Waals surface area (Å²) in [6.45, 7) is 5.44. The fourth-order valence-electron chi connectivity index (χ4n) is 1.63. The van der Waals surface area contributed by atoms with Crippen molar-refractivity contribution in [3.8, 4) is 17.4 Å². The van der Waals surface area contributed by atoms with Gasteiger partial charge in [0.15, 0.2) is 0 Å². The quantitative estimate of drug-likeness (QED) is 0.833. The van der Waals surface area contributed by atoms with Crippen LogP contribution in [0.15, 0.2) is 30.5 Å². The third-order valence-electron chi connectivity index (χ3n) is 2.59. The van der Waals surface area contributed by atoms with Gasteiger partial charge in [0.05, 0.1) is 12.8 Å². The topological polar surface area (TPSA) is 56.3 Å². The van der Waals surface area contributed by atoms with Crippen LogP contribution in [0.1, 0.15) is 20.3 Å².